The van der Waals surface area contributed by atoms with Crippen LogP contribution in [0.15, 0.2) is 82.7 Å². The van der Waals surface area contributed by atoms with E-state index in [1.54, 1.807) is 38.6 Å². The Morgan fingerprint density at radius 2 is 1.62 bits per heavy atom. The molecule has 0 saturated heterocycles. The smallest absolute Gasteiger partial charge is 0.282 e. The summed E-state index contributed by atoms with van der Waals surface area (Å²) < 4.78 is 24.7. The van der Waals surface area contributed by atoms with E-state index < -0.39 is 0 Å². The standard InChI is InChI=1S/C36H36ClN3O5/c1-7-44-31-16-23(4)28(19-27(31)22(2)3)35-39-30-15-11-9-13-26(30)36(41)40(35)38-20-24-17-32(42-5)34(33(18-24)43-6)45-21-25-12-8-10-14-29(25)37/h8-20,22H,7,21H2,1-6H3. The molecule has 1 aromatic heterocycles. The molecule has 232 valence electrons. The van der Waals surface area contributed by atoms with Gasteiger partial charge in [-0.2, -0.15) is 9.78 Å². The second kappa shape index (κ2) is 13.9. The van der Waals surface area contributed by atoms with E-state index in [2.05, 4.69) is 18.9 Å². The van der Waals surface area contributed by atoms with Crippen molar-refractivity contribution in [3.05, 3.63) is 110 Å². The van der Waals surface area contributed by atoms with Crippen molar-refractivity contribution in [2.75, 3.05) is 20.8 Å². The maximum Gasteiger partial charge on any atom is 0.282 e. The molecule has 0 aliphatic carbocycles. The summed E-state index contributed by atoms with van der Waals surface area (Å²) in [5.41, 5.74) is 4.49. The van der Waals surface area contributed by atoms with Crippen LogP contribution >= 0.6 is 11.6 Å². The molecule has 5 rings (SSSR count). The number of aryl methyl sites for hydroxylation is 1. The monoisotopic (exact) mass is 625 g/mol. The number of benzene rings is 4. The molecular formula is C36H36ClN3O5. The van der Waals surface area contributed by atoms with Gasteiger partial charge < -0.3 is 18.9 Å². The number of ether oxygens (including phenoxy) is 4. The van der Waals surface area contributed by atoms with E-state index in [4.69, 9.17) is 35.5 Å². The van der Waals surface area contributed by atoms with E-state index in [0.29, 0.717) is 51.2 Å². The molecule has 0 bridgehead atoms. The van der Waals surface area contributed by atoms with E-state index in [-0.39, 0.29) is 18.1 Å². The molecule has 4 aromatic carbocycles. The molecule has 0 aliphatic heterocycles. The molecule has 0 unspecified atom stereocenters. The van der Waals surface area contributed by atoms with E-state index in [0.717, 1.165) is 28.0 Å². The third-order valence-corrected chi connectivity index (χ3v) is 7.78. The van der Waals surface area contributed by atoms with Crippen molar-refractivity contribution in [2.45, 2.75) is 40.2 Å². The molecule has 9 heteroatoms. The molecule has 0 N–H and O–H groups in total. The zero-order chi connectivity index (χ0) is 32.1. The first-order valence-corrected chi connectivity index (χ1v) is 15.1. The van der Waals surface area contributed by atoms with Crippen LogP contribution < -0.4 is 24.5 Å². The molecular weight excluding hydrogens is 590 g/mol. The minimum absolute atomic E-state index is 0.189. The minimum atomic E-state index is -0.287. The maximum absolute atomic E-state index is 13.9. The fourth-order valence-electron chi connectivity index (χ4n) is 5.08. The summed E-state index contributed by atoms with van der Waals surface area (Å²) in [7, 11) is 3.10. The molecule has 0 spiro atoms. The molecule has 0 radical (unpaired) electrons. The Bertz CT molecular complexity index is 1910. The summed E-state index contributed by atoms with van der Waals surface area (Å²) in [6.07, 6.45) is 1.58. The minimum Gasteiger partial charge on any atom is -0.494 e. The van der Waals surface area contributed by atoms with Crippen LogP contribution in [0.1, 0.15) is 48.9 Å². The van der Waals surface area contributed by atoms with E-state index in [1.165, 1.54) is 4.68 Å². The Kier molecular flexibility index (Phi) is 9.74. The molecule has 8 nitrogen and oxygen atoms in total. The fourth-order valence-corrected chi connectivity index (χ4v) is 5.27. The third kappa shape index (κ3) is 6.66. The van der Waals surface area contributed by atoms with Crippen LogP contribution in [0, 0.1) is 6.92 Å². The van der Waals surface area contributed by atoms with Crippen LogP contribution in [-0.2, 0) is 6.61 Å². The zero-order valence-electron chi connectivity index (χ0n) is 26.3. The first kappa shape index (κ1) is 31.6. The highest BCUT2D eigenvalue weighted by Crippen LogP contribution is 2.39. The van der Waals surface area contributed by atoms with Crippen molar-refractivity contribution in [1.29, 1.82) is 0 Å². The van der Waals surface area contributed by atoms with Crippen LogP contribution in [0.2, 0.25) is 5.02 Å². The number of aromatic nitrogens is 2. The van der Waals surface area contributed by atoms with Crippen molar-refractivity contribution in [1.82, 2.24) is 9.66 Å². The van der Waals surface area contributed by atoms with Gasteiger partial charge in [0.15, 0.2) is 17.3 Å². The SMILES string of the molecule is CCOc1cc(C)c(-c2nc3ccccc3c(=O)n2N=Cc2cc(OC)c(OCc3ccccc3Cl)c(OC)c2)cc1C(C)C. The number of rotatable bonds is 11. The van der Waals surface area contributed by atoms with Crippen molar-refractivity contribution >= 4 is 28.7 Å². The highest BCUT2D eigenvalue weighted by Gasteiger charge is 2.19. The van der Waals surface area contributed by atoms with E-state index in [1.807, 2.05) is 68.4 Å². The van der Waals surface area contributed by atoms with Gasteiger partial charge in [0.25, 0.3) is 5.56 Å². The lowest BCUT2D eigenvalue weighted by atomic mass is 9.96. The van der Waals surface area contributed by atoms with Crippen LogP contribution in [0.3, 0.4) is 0 Å². The summed E-state index contributed by atoms with van der Waals surface area (Å²) in [4.78, 5) is 18.8. The van der Waals surface area contributed by atoms with Crippen molar-refractivity contribution < 1.29 is 18.9 Å². The Hall–Kier alpha value is -4.82. The third-order valence-electron chi connectivity index (χ3n) is 7.41. The summed E-state index contributed by atoms with van der Waals surface area (Å²) in [6, 6.07) is 22.3. The average Bonchev–Trinajstić information content (AvgIpc) is 3.04. The van der Waals surface area contributed by atoms with Crippen molar-refractivity contribution in [2.24, 2.45) is 5.10 Å². The summed E-state index contributed by atoms with van der Waals surface area (Å²) in [5.74, 6) is 2.74. The zero-order valence-corrected chi connectivity index (χ0v) is 27.0. The molecule has 0 saturated carbocycles. The molecule has 45 heavy (non-hydrogen) atoms. The van der Waals surface area contributed by atoms with Gasteiger partial charge in [-0.15, -0.1) is 0 Å². The van der Waals surface area contributed by atoms with Crippen LogP contribution in [0.4, 0.5) is 0 Å². The average molecular weight is 626 g/mol. The predicted molar refractivity (Wildman–Crippen MR) is 180 cm³/mol. The first-order chi connectivity index (χ1) is 21.7. The summed E-state index contributed by atoms with van der Waals surface area (Å²) >= 11 is 6.33. The van der Waals surface area contributed by atoms with Crippen molar-refractivity contribution in [3.63, 3.8) is 0 Å². The number of fused-ring (bicyclic) bond motifs is 1. The van der Waals surface area contributed by atoms with Gasteiger partial charge >= 0.3 is 0 Å². The van der Waals surface area contributed by atoms with Gasteiger partial charge in [0.2, 0.25) is 5.75 Å². The number of para-hydroxylation sites is 1. The van der Waals surface area contributed by atoms with Gasteiger partial charge in [-0.3, -0.25) is 4.79 Å². The second-order valence-electron chi connectivity index (χ2n) is 10.7. The second-order valence-corrected chi connectivity index (χ2v) is 11.1. The molecule has 0 atom stereocenters. The normalized spacial score (nSPS) is 11.4. The van der Waals surface area contributed by atoms with E-state index >= 15 is 0 Å². The Morgan fingerprint density at radius 3 is 2.29 bits per heavy atom. The fraction of sp³-hybridized carbons (Fsp3) is 0.250. The molecule has 5 aromatic rings. The van der Waals surface area contributed by atoms with Crippen molar-refractivity contribution in [3.8, 4) is 34.4 Å². The van der Waals surface area contributed by atoms with Gasteiger partial charge in [-0.05, 0) is 73.4 Å². The molecule has 1 heterocycles. The molecule has 0 aliphatic rings. The van der Waals surface area contributed by atoms with Gasteiger partial charge in [-0.25, -0.2) is 4.98 Å². The van der Waals surface area contributed by atoms with Gasteiger partial charge in [0.05, 0.1) is 37.9 Å². The number of methoxy groups -OCH3 is 2. The van der Waals surface area contributed by atoms with Crippen LogP contribution in [-0.4, -0.2) is 36.7 Å². The number of halogens is 1. The topological polar surface area (TPSA) is 84.2 Å². The highest BCUT2D eigenvalue weighted by molar-refractivity contribution is 6.31. The van der Waals surface area contributed by atoms with Crippen LogP contribution in [0.5, 0.6) is 23.0 Å². The van der Waals surface area contributed by atoms with Gasteiger partial charge in [-0.1, -0.05) is 55.8 Å². The lowest BCUT2D eigenvalue weighted by molar-refractivity contribution is 0.266. The van der Waals surface area contributed by atoms with E-state index in [9.17, 15) is 4.79 Å². The Labute approximate surface area is 267 Å². The lowest BCUT2D eigenvalue weighted by Crippen LogP contribution is -2.21. The lowest BCUT2D eigenvalue weighted by Gasteiger charge is -2.18. The van der Waals surface area contributed by atoms with Gasteiger partial charge in [0, 0.05) is 21.7 Å². The predicted octanol–water partition coefficient (Wildman–Crippen LogP) is 8.03. The number of hydrogen-bond donors (Lipinski definition) is 0. The Morgan fingerprint density at radius 1 is 0.933 bits per heavy atom. The molecule has 0 fully saturated rings. The van der Waals surface area contributed by atoms with Crippen LogP contribution in [0.25, 0.3) is 22.3 Å². The quantitative estimate of drug-likeness (QED) is 0.138. The summed E-state index contributed by atoms with van der Waals surface area (Å²) in [5, 5.41) is 5.75. The van der Waals surface area contributed by atoms with Gasteiger partial charge in [0.1, 0.15) is 12.4 Å². The summed E-state index contributed by atoms with van der Waals surface area (Å²) in [6.45, 7) is 8.94. The number of nitrogens with zero attached hydrogens (tertiary/aromatic N) is 3. The highest BCUT2D eigenvalue weighted by atomic mass is 35.5. The molecule has 0 amide bonds. The number of hydrogen-bond acceptors (Lipinski definition) is 7. The largest absolute Gasteiger partial charge is 0.494 e. The first-order valence-electron chi connectivity index (χ1n) is 14.7. The Balaban J connectivity index is 1.61. The maximum atomic E-state index is 13.9.